The van der Waals surface area contributed by atoms with Crippen molar-refractivity contribution in [1.82, 2.24) is 4.90 Å². The number of imide groups is 1. The summed E-state index contributed by atoms with van der Waals surface area (Å²) in [6.45, 7) is 0.373. The zero-order valence-corrected chi connectivity index (χ0v) is 17.0. The van der Waals surface area contributed by atoms with Crippen LogP contribution < -0.4 is 10.2 Å². The molecule has 0 unspecified atom stereocenters. The minimum absolute atomic E-state index is 0.0900. The fraction of sp³-hybridized carbons (Fsp3) is 0.174. The molecule has 1 saturated heterocycles. The molecule has 30 heavy (non-hydrogen) atoms. The SMILES string of the molecule is O=C(C[C@H]1C(=O)N(c2ccccc2)C(=O)N1CCc1cccs1)Nc1ccccc1. The van der Waals surface area contributed by atoms with E-state index in [1.54, 1.807) is 47.7 Å². The van der Waals surface area contributed by atoms with Crippen molar-refractivity contribution in [3.8, 4) is 0 Å². The van der Waals surface area contributed by atoms with E-state index in [0.717, 1.165) is 4.88 Å². The molecule has 3 aromatic rings. The summed E-state index contributed by atoms with van der Waals surface area (Å²) in [5.74, 6) is -0.677. The largest absolute Gasteiger partial charge is 0.332 e. The molecule has 4 amide bonds. The van der Waals surface area contributed by atoms with Crippen molar-refractivity contribution in [2.45, 2.75) is 18.9 Å². The van der Waals surface area contributed by atoms with Gasteiger partial charge in [0.25, 0.3) is 5.91 Å². The van der Waals surface area contributed by atoms with Crippen molar-refractivity contribution in [3.05, 3.63) is 83.1 Å². The maximum absolute atomic E-state index is 13.2. The molecule has 1 aromatic heterocycles. The number of thiophene rings is 1. The van der Waals surface area contributed by atoms with E-state index in [2.05, 4.69) is 5.32 Å². The van der Waals surface area contributed by atoms with Crippen LogP contribution in [0.2, 0.25) is 0 Å². The Morgan fingerprint density at radius 1 is 0.933 bits per heavy atom. The second kappa shape index (κ2) is 8.92. The van der Waals surface area contributed by atoms with Crippen LogP contribution >= 0.6 is 11.3 Å². The molecule has 1 aliphatic rings. The monoisotopic (exact) mass is 419 g/mol. The first-order chi connectivity index (χ1) is 14.6. The molecule has 4 rings (SSSR count). The number of nitrogens with one attached hydrogen (secondary N) is 1. The Morgan fingerprint density at radius 2 is 1.63 bits per heavy atom. The maximum atomic E-state index is 13.2. The van der Waals surface area contributed by atoms with Crippen LogP contribution in [0.4, 0.5) is 16.2 Å². The van der Waals surface area contributed by atoms with Crippen LogP contribution in [0.5, 0.6) is 0 Å². The van der Waals surface area contributed by atoms with E-state index < -0.39 is 6.04 Å². The highest BCUT2D eigenvalue weighted by Crippen LogP contribution is 2.27. The third-order valence-corrected chi connectivity index (χ3v) is 5.88. The van der Waals surface area contributed by atoms with E-state index in [4.69, 9.17) is 0 Å². The maximum Gasteiger partial charge on any atom is 0.332 e. The Morgan fingerprint density at radius 3 is 2.30 bits per heavy atom. The standard InChI is InChI=1S/C23H21N3O3S/c27-21(24-17-8-3-1-4-9-17)16-20-22(28)26(18-10-5-2-6-11-18)23(29)25(20)14-13-19-12-7-15-30-19/h1-12,15,20H,13-14,16H2,(H,24,27)/t20-/m0/s1. The molecule has 0 aliphatic carbocycles. The number of carbonyl (C=O) groups excluding carboxylic acids is 3. The van der Waals surface area contributed by atoms with Gasteiger partial charge in [0.1, 0.15) is 6.04 Å². The highest BCUT2D eigenvalue weighted by molar-refractivity contribution is 7.09. The van der Waals surface area contributed by atoms with Gasteiger partial charge in [0.2, 0.25) is 5.91 Å². The first-order valence-corrected chi connectivity index (χ1v) is 10.6. The fourth-order valence-electron chi connectivity index (χ4n) is 3.50. The molecule has 0 spiro atoms. The molecule has 0 radical (unpaired) electrons. The average Bonchev–Trinajstić information content (AvgIpc) is 3.35. The number of para-hydroxylation sites is 2. The third-order valence-electron chi connectivity index (χ3n) is 4.95. The number of carbonyl (C=O) groups is 3. The zero-order valence-electron chi connectivity index (χ0n) is 16.2. The molecule has 1 aliphatic heterocycles. The Hall–Kier alpha value is -3.45. The van der Waals surface area contributed by atoms with Crippen LogP contribution in [-0.4, -0.2) is 35.3 Å². The summed E-state index contributed by atoms with van der Waals surface area (Å²) in [5, 5.41) is 4.78. The number of urea groups is 1. The van der Waals surface area contributed by atoms with E-state index in [1.165, 1.54) is 9.80 Å². The highest BCUT2D eigenvalue weighted by atomic mass is 32.1. The van der Waals surface area contributed by atoms with Crippen LogP contribution in [0.25, 0.3) is 0 Å². The second-order valence-electron chi connectivity index (χ2n) is 6.95. The summed E-state index contributed by atoms with van der Waals surface area (Å²) < 4.78 is 0. The second-order valence-corrected chi connectivity index (χ2v) is 7.98. The third kappa shape index (κ3) is 4.26. The number of hydrogen-bond acceptors (Lipinski definition) is 4. The van der Waals surface area contributed by atoms with Crippen LogP contribution in [0, 0.1) is 0 Å². The average molecular weight is 420 g/mol. The van der Waals surface area contributed by atoms with Crippen molar-refractivity contribution in [3.63, 3.8) is 0 Å². The highest BCUT2D eigenvalue weighted by Gasteiger charge is 2.46. The number of rotatable bonds is 7. The summed E-state index contributed by atoms with van der Waals surface area (Å²) in [6, 6.07) is 20.6. The lowest BCUT2D eigenvalue weighted by Crippen LogP contribution is -2.39. The molecular formula is C23H21N3O3S. The molecule has 0 saturated carbocycles. The summed E-state index contributed by atoms with van der Waals surface area (Å²) in [4.78, 5) is 42.7. The van der Waals surface area contributed by atoms with E-state index in [0.29, 0.717) is 24.3 Å². The number of nitrogens with zero attached hydrogens (tertiary/aromatic N) is 2. The normalized spacial score (nSPS) is 16.2. The lowest BCUT2D eigenvalue weighted by molar-refractivity contribution is -0.124. The van der Waals surface area contributed by atoms with Crippen molar-refractivity contribution in [2.24, 2.45) is 0 Å². The van der Waals surface area contributed by atoms with E-state index in [9.17, 15) is 14.4 Å². The predicted molar refractivity (Wildman–Crippen MR) is 118 cm³/mol. The smallest absolute Gasteiger partial charge is 0.326 e. The molecule has 0 bridgehead atoms. The van der Waals surface area contributed by atoms with Gasteiger partial charge in [-0.25, -0.2) is 9.69 Å². The van der Waals surface area contributed by atoms with Gasteiger partial charge in [-0.05, 0) is 42.1 Å². The summed E-state index contributed by atoms with van der Waals surface area (Å²) in [5.41, 5.74) is 1.17. The van der Waals surface area contributed by atoms with E-state index >= 15 is 0 Å². The van der Waals surface area contributed by atoms with Crippen molar-refractivity contribution in [2.75, 3.05) is 16.8 Å². The van der Waals surface area contributed by atoms with Crippen LogP contribution in [0.15, 0.2) is 78.2 Å². The molecule has 152 valence electrons. The van der Waals surface area contributed by atoms with Crippen LogP contribution in [0.1, 0.15) is 11.3 Å². The lowest BCUT2D eigenvalue weighted by atomic mass is 10.1. The van der Waals surface area contributed by atoms with Gasteiger partial charge in [-0.1, -0.05) is 42.5 Å². The van der Waals surface area contributed by atoms with Gasteiger partial charge in [-0.3, -0.25) is 9.59 Å². The minimum Gasteiger partial charge on any atom is -0.326 e. The van der Waals surface area contributed by atoms with Gasteiger partial charge in [-0.15, -0.1) is 11.3 Å². The van der Waals surface area contributed by atoms with E-state index in [-0.39, 0.29) is 24.3 Å². The summed E-state index contributed by atoms with van der Waals surface area (Å²) >= 11 is 1.61. The quantitative estimate of drug-likeness (QED) is 0.585. The van der Waals surface area contributed by atoms with Crippen molar-refractivity contribution in [1.29, 1.82) is 0 Å². The molecule has 6 nitrogen and oxygen atoms in total. The first-order valence-electron chi connectivity index (χ1n) is 9.70. The predicted octanol–water partition coefficient (Wildman–Crippen LogP) is 4.16. The molecular weight excluding hydrogens is 398 g/mol. The molecule has 7 heteroatoms. The zero-order chi connectivity index (χ0) is 20.9. The van der Waals surface area contributed by atoms with Gasteiger partial charge in [0, 0.05) is 17.1 Å². The topological polar surface area (TPSA) is 69.7 Å². The van der Waals surface area contributed by atoms with Gasteiger partial charge < -0.3 is 10.2 Å². The van der Waals surface area contributed by atoms with Gasteiger partial charge >= 0.3 is 6.03 Å². The number of hydrogen-bond donors (Lipinski definition) is 1. The molecule has 1 N–H and O–H groups in total. The lowest BCUT2D eigenvalue weighted by Gasteiger charge is -2.21. The van der Waals surface area contributed by atoms with Gasteiger partial charge in [-0.2, -0.15) is 0 Å². The van der Waals surface area contributed by atoms with E-state index in [1.807, 2.05) is 41.8 Å². The Bertz CT molecular complexity index is 1020. The number of amides is 4. The summed E-state index contributed by atoms with van der Waals surface area (Å²) in [7, 11) is 0. The van der Waals surface area contributed by atoms with Crippen molar-refractivity contribution < 1.29 is 14.4 Å². The van der Waals surface area contributed by atoms with Gasteiger partial charge in [0.15, 0.2) is 0 Å². The van der Waals surface area contributed by atoms with Gasteiger partial charge in [0.05, 0.1) is 12.1 Å². The van der Waals surface area contributed by atoms with Crippen molar-refractivity contribution >= 4 is 40.6 Å². The molecule has 1 fully saturated rings. The number of anilines is 2. The molecule has 1 atom stereocenters. The van der Waals surface area contributed by atoms with Crippen LogP contribution in [-0.2, 0) is 16.0 Å². The fourth-order valence-corrected chi connectivity index (χ4v) is 4.19. The minimum atomic E-state index is -0.832. The Balaban J connectivity index is 1.54. The summed E-state index contributed by atoms with van der Waals surface area (Å²) in [6.07, 6.45) is 0.545. The molecule has 2 heterocycles. The van der Waals surface area contributed by atoms with Crippen LogP contribution in [0.3, 0.4) is 0 Å². The molecule has 2 aromatic carbocycles. The number of benzene rings is 2. The Labute approximate surface area is 178 Å². The first kappa shape index (κ1) is 19.8. The Kier molecular flexibility index (Phi) is 5.90.